The third-order valence-corrected chi connectivity index (χ3v) is 7.23. The summed E-state index contributed by atoms with van der Waals surface area (Å²) in [4.78, 5) is 13.9. The van der Waals surface area contributed by atoms with Crippen molar-refractivity contribution < 1.29 is 21.6 Å². The monoisotopic (exact) mass is 374 g/mol. The van der Waals surface area contributed by atoms with Gasteiger partial charge in [0.25, 0.3) is 5.91 Å². The largest absolute Gasteiger partial charge is 0.337 e. The average molecular weight is 374 g/mol. The first kappa shape index (κ1) is 18.9. The minimum Gasteiger partial charge on any atom is -0.337 e. The van der Waals surface area contributed by atoms with Crippen LogP contribution in [0.2, 0.25) is 0 Å². The van der Waals surface area contributed by atoms with Gasteiger partial charge in [-0.2, -0.15) is 0 Å². The van der Waals surface area contributed by atoms with Crippen molar-refractivity contribution in [2.45, 2.75) is 31.2 Å². The number of nitrogens with one attached hydrogen (secondary N) is 1. The zero-order valence-electron chi connectivity index (χ0n) is 13.7. The summed E-state index contributed by atoms with van der Waals surface area (Å²) in [7, 11) is -6.66. The van der Waals surface area contributed by atoms with Gasteiger partial charge >= 0.3 is 0 Å². The third-order valence-electron chi connectivity index (χ3n) is 4.01. The number of amides is 1. The number of sulfone groups is 1. The maximum atomic E-state index is 12.4. The summed E-state index contributed by atoms with van der Waals surface area (Å²) in [6.07, 6.45) is 0.674. The van der Waals surface area contributed by atoms with E-state index in [0.717, 1.165) is 0 Å². The molecule has 134 valence electrons. The van der Waals surface area contributed by atoms with Crippen LogP contribution in [0.3, 0.4) is 0 Å². The molecule has 1 aromatic rings. The van der Waals surface area contributed by atoms with Crippen LogP contribution in [0.4, 0.5) is 0 Å². The Kier molecular flexibility index (Phi) is 5.67. The fraction of sp³-hybridized carbons (Fsp3) is 0.533. The molecule has 1 fully saturated rings. The highest BCUT2D eigenvalue weighted by atomic mass is 32.2. The molecule has 9 heteroatoms. The molecule has 1 atom stereocenters. The minimum absolute atomic E-state index is 0.0377. The molecule has 2 rings (SSSR count). The van der Waals surface area contributed by atoms with Crippen LogP contribution >= 0.6 is 0 Å². The van der Waals surface area contributed by atoms with E-state index in [2.05, 4.69) is 4.72 Å². The smallest absolute Gasteiger partial charge is 0.253 e. The van der Waals surface area contributed by atoms with Crippen molar-refractivity contribution >= 4 is 25.8 Å². The van der Waals surface area contributed by atoms with Crippen molar-refractivity contribution in [3.05, 3.63) is 29.8 Å². The molecule has 0 radical (unpaired) electrons. The standard InChI is InChI=1S/C15H22N2O5S2/c1-3-12(2)16-24(21,22)14-6-4-13(5-7-14)15(18)17-8-10-23(19,20)11-9-17/h4-7,12,16H,3,8-11H2,1-2H3. The Morgan fingerprint density at radius 1 is 1.21 bits per heavy atom. The molecule has 24 heavy (non-hydrogen) atoms. The summed E-state index contributed by atoms with van der Waals surface area (Å²) in [5.41, 5.74) is 0.344. The Hall–Kier alpha value is -1.45. The lowest BCUT2D eigenvalue weighted by atomic mass is 10.2. The summed E-state index contributed by atoms with van der Waals surface area (Å²) in [5.74, 6) is -0.364. The second-order valence-electron chi connectivity index (χ2n) is 5.90. The molecular formula is C15H22N2O5S2. The molecule has 1 amide bonds. The Balaban J connectivity index is 2.10. The molecule has 1 aliphatic rings. The van der Waals surface area contributed by atoms with Gasteiger partial charge in [-0.25, -0.2) is 21.6 Å². The first-order chi connectivity index (χ1) is 11.1. The molecule has 1 heterocycles. The molecule has 1 unspecified atom stereocenters. The average Bonchev–Trinajstić information content (AvgIpc) is 2.54. The number of nitrogens with zero attached hydrogens (tertiary/aromatic N) is 1. The number of benzene rings is 1. The predicted molar refractivity (Wildman–Crippen MR) is 91.1 cm³/mol. The van der Waals surface area contributed by atoms with E-state index in [0.29, 0.717) is 12.0 Å². The van der Waals surface area contributed by atoms with Crippen LogP contribution in [0.1, 0.15) is 30.6 Å². The molecular weight excluding hydrogens is 352 g/mol. The molecule has 0 aliphatic carbocycles. The van der Waals surface area contributed by atoms with E-state index in [4.69, 9.17) is 0 Å². The van der Waals surface area contributed by atoms with E-state index in [-0.39, 0.29) is 41.4 Å². The van der Waals surface area contributed by atoms with E-state index in [9.17, 15) is 21.6 Å². The maximum absolute atomic E-state index is 12.4. The number of rotatable bonds is 5. The van der Waals surface area contributed by atoms with Crippen molar-refractivity contribution in [1.82, 2.24) is 9.62 Å². The molecule has 1 N–H and O–H groups in total. The quantitative estimate of drug-likeness (QED) is 0.815. The van der Waals surface area contributed by atoms with Crippen LogP contribution in [0.25, 0.3) is 0 Å². The van der Waals surface area contributed by atoms with Crippen LogP contribution in [0.5, 0.6) is 0 Å². The van der Waals surface area contributed by atoms with E-state index in [1.165, 1.54) is 29.2 Å². The topological polar surface area (TPSA) is 101 Å². The summed E-state index contributed by atoms with van der Waals surface area (Å²) >= 11 is 0. The van der Waals surface area contributed by atoms with Crippen molar-refractivity contribution in [3.63, 3.8) is 0 Å². The fourth-order valence-electron chi connectivity index (χ4n) is 2.29. The van der Waals surface area contributed by atoms with Crippen LogP contribution in [-0.4, -0.2) is 58.3 Å². The number of hydrogen-bond donors (Lipinski definition) is 1. The van der Waals surface area contributed by atoms with Gasteiger partial charge in [0.15, 0.2) is 9.84 Å². The number of sulfonamides is 1. The highest BCUT2D eigenvalue weighted by Crippen LogP contribution is 2.14. The van der Waals surface area contributed by atoms with E-state index in [1.54, 1.807) is 6.92 Å². The summed E-state index contributed by atoms with van der Waals surface area (Å²) in [5, 5.41) is 0. The van der Waals surface area contributed by atoms with Gasteiger partial charge in [0.1, 0.15) is 0 Å². The Morgan fingerprint density at radius 2 is 1.75 bits per heavy atom. The van der Waals surface area contributed by atoms with Crippen LogP contribution in [0, 0.1) is 0 Å². The predicted octanol–water partition coefficient (Wildman–Crippen LogP) is 0.634. The normalized spacial score (nSPS) is 19.0. The molecule has 1 saturated heterocycles. The van der Waals surface area contributed by atoms with E-state index >= 15 is 0 Å². The molecule has 0 saturated carbocycles. The molecule has 0 aromatic heterocycles. The lowest BCUT2D eigenvalue weighted by Crippen LogP contribution is -2.43. The molecule has 0 spiro atoms. The highest BCUT2D eigenvalue weighted by Gasteiger charge is 2.26. The zero-order chi connectivity index (χ0) is 18.0. The Morgan fingerprint density at radius 3 is 2.25 bits per heavy atom. The van der Waals surface area contributed by atoms with Crippen molar-refractivity contribution in [3.8, 4) is 0 Å². The lowest BCUT2D eigenvalue weighted by molar-refractivity contribution is 0.0770. The van der Waals surface area contributed by atoms with Crippen molar-refractivity contribution in [2.75, 3.05) is 24.6 Å². The van der Waals surface area contributed by atoms with Gasteiger partial charge in [0, 0.05) is 24.7 Å². The van der Waals surface area contributed by atoms with Gasteiger partial charge in [0.2, 0.25) is 10.0 Å². The number of carbonyl (C=O) groups excluding carboxylic acids is 1. The summed E-state index contributed by atoms with van der Waals surface area (Å²) in [6, 6.07) is 5.51. The second-order valence-corrected chi connectivity index (χ2v) is 9.92. The first-order valence-corrected chi connectivity index (χ1v) is 11.1. The third kappa shape index (κ3) is 4.55. The molecule has 1 aliphatic heterocycles. The van der Waals surface area contributed by atoms with Crippen molar-refractivity contribution in [2.24, 2.45) is 0 Å². The van der Waals surface area contributed by atoms with Gasteiger partial charge in [-0.1, -0.05) is 6.92 Å². The van der Waals surface area contributed by atoms with Gasteiger partial charge in [-0.05, 0) is 37.6 Å². The SMILES string of the molecule is CCC(C)NS(=O)(=O)c1ccc(C(=O)N2CCS(=O)(=O)CC2)cc1. The van der Waals surface area contributed by atoms with Crippen molar-refractivity contribution in [1.29, 1.82) is 0 Å². The zero-order valence-corrected chi connectivity index (χ0v) is 15.4. The summed E-state index contributed by atoms with van der Waals surface area (Å²) in [6.45, 7) is 3.99. The summed E-state index contributed by atoms with van der Waals surface area (Å²) < 4.78 is 49.7. The van der Waals surface area contributed by atoms with Gasteiger partial charge in [0.05, 0.1) is 16.4 Å². The van der Waals surface area contributed by atoms with Crippen LogP contribution < -0.4 is 4.72 Å². The lowest BCUT2D eigenvalue weighted by Gasteiger charge is -2.26. The fourth-order valence-corrected chi connectivity index (χ4v) is 4.82. The Bertz CT molecular complexity index is 787. The Labute approximate surface area is 143 Å². The molecule has 0 bridgehead atoms. The van der Waals surface area contributed by atoms with E-state index < -0.39 is 19.9 Å². The van der Waals surface area contributed by atoms with Gasteiger partial charge in [-0.3, -0.25) is 4.79 Å². The van der Waals surface area contributed by atoms with Gasteiger partial charge in [-0.15, -0.1) is 0 Å². The number of carbonyl (C=O) groups is 1. The van der Waals surface area contributed by atoms with Crippen LogP contribution in [-0.2, 0) is 19.9 Å². The van der Waals surface area contributed by atoms with Crippen LogP contribution in [0.15, 0.2) is 29.2 Å². The maximum Gasteiger partial charge on any atom is 0.253 e. The second kappa shape index (κ2) is 7.20. The molecule has 1 aromatic carbocycles. The number of hydrogen-bond acceptors (Lipinski definition) is 5. The van der Waals surface area contributed by atoms with E-state index in [1.807, 2.05) is 6.92 Å². The molecule has 7 nitrogen and oxygen atoms in total. The van der Waals surface area contributed by atoms with Gasteiger partial charge < -0.3 is 4.90 Å². The minimum atomic E-state index is -3.61. The highest BCUT2D eigenvalue weighted by molar-refractivity contribution is 7.91. The first-order valence-electron chi connectivity index (χ1n) is 7.77.